The lowest BCUT2D eigenvalue weighted by Crippen LogP contribution is -2.41. The highest BCUT2D eigenvalue weighted by Gasteiger charge is 2.29. The molecule has 3 heteroatoms. The first-order chi connectivity index (χ1) is 9.98. The van der Waals surface area contributed by atoms with Crippen molar-refractivity contribution >= 4 is 0 Å². The van der Waals surface area contributed by atoms with Gasteiger partial charge in [0.1, 0.15) is 0 Å². The van der Waals surface area contributed by atoms with Crippen molar-refractivity contribution in [2.45, 2.75) is 96.5 Å². The second kappa shape index (κ2) is 7.94. The van der Waals surface area contributed by atoms with Gasteiger partial charge in [0.05, 0.1) is 24.9 Å². The van der Waals surface area contributed by atoms with Gasteiger partial charge in [-0.1, -0.05) is 26.2 Å². The minimum absolute atomic E-state index is 0.175. The second-order valence-corrected chi connectivity index (χ2v) is 7.91. The summed E-state index contributed by atoms with van der Waals surface area (Å²) in [5, 5.41) is 3.54. The lowest BCUT2D eigenvalue weighted by molar-refractivity contribution is -0.0692. The molecule has 1 saturated carbocycles. The van der Waals surface area contributed by atoms with Gasteiger partial charge in [-0.25, -0.2) is 0 Å². The zero-order valence-electron chi connectivity index (χ0n) is 14.5. The average molecular weight is 297 g/mol. The number of rotatable bonds is 6. The molecule has 4 unspecified atom stereocenters. The molecule has 0 aromatic rings. The van der Waals surface area contributed by atoms with Crippen LogP contribution < -0.4 is 5.32 Å². The standard InChI is InChI=1S/C18H35NO2/c1-5-14-8-6-7-9-17(14)20-13-16-11-10-15(21-16)12-19-18(2,3)4/h14-17,19H,5-13H2,1-4H3. The van der Waals surface area contributed by atoms with Gasteiger partial charge < -0.3 is 14.8 Å². The maximum Gasteiger partial charge on any atom is 0.0814 e. The summed E-state index contributed by atoms with van der Waals surface area (Å²) in [6.07, 6.45) is 10.1. The van der Waals surface area contributed by atoms with Gasteiger partial charge in [-0.3, -0.25) is 0 Å². The van der Waals surface area contributed by atoms with Crippen LogP contribution in [-0.4, -0.2) is 37.0 Å². The van der Waals surface area contributed by atoms with Gasteiger partial charge in [0.2, 0.25) is 0 Å². The minimum Gasteiger partial charge on any atom is -0.375 e. The smallest absolute Gasteiger partial charge is 0.0814 e. The molecule has 21 heavy (non-hydrogen) atoms. The topological polar surface area (TPSA) is 30.5 Å². The molecule has 1 aliphatic heterocycles. The highest BCUT2D eigenvalue weighted by Crippen LogP contribution is 2.30. The molecule has 124 valence electrons. The Labute approximate surface area is 131 Å². The highest BCUT2D eigenvalue weighted by atomic mass is 16.5. The van der Waals surface area contributed by atoms with E-state index in [0.29, 0.717) is 18.3 Å². The van der Waals surface area contributed by atoms with E-state index in [-0.39, 0.29) is 5.54 Å². The molecule has 1 heterocycles. The molecule has 2 rings (SSSR count). The third-order valence-electron chi connectivity index (χ3n) is 4.92. The lowest BCUT2D eigenvalue weighted by Gasteiger charge is -2.31. The van der Waals surface area contributed by atoms with E-state index in [0.717, 1.165) is 25.5 Å². The zero-order chi connectivity index (χ0) is 15.3. The molecule has 0 aromatic carbocycles. The molecule has 1 N–H and O–H groups in total. The second-order valence-electron chi connectivity index (χ2n) is 7.91. The maximum atomic E-state index is 6.22. The van der Waals surface area contributed by atoms with Crippen LogP contribution in [0, 0.1) is 5.92 Å². The van der Waals surface area contributed by atoms with Crippen LogP contribution in [0.15, 0.2) is 0 Å². The summed E-state index contributed by atoms with van der Waals surface area (Å²) < 4.78 is 12.3. The maximum absolute atomic E-state index is 6.22. The molecule has 1 aliphatic carbocycles. The van der Waals surface area contributed by atoms with Crippen LogP contribution in [-0.2, 0) is 9.47 Å². The molecule has 0 bridgehead atoms. The van der Waals surface area contributed by atoms with Gasteiger partial charge in [0.25, 0.3) is 0 Å². The Balaban J connectivity index is 1.65. The van der Waals surface area contributed by atoms with E-state index >= 15 is 0 Å². The summed E-state index contributed by atoms with van der Waals surface area (Å²) in [5.74, 6) is 0.776. The largest absolute Gasteiger partial charge is 0.375 e. The fourth-order valence-electron chi connectivity index (χ4n) is 3.56. The normalized spacial score (nSPS) is 34.3. The summed E-state index contributed by atoms with van der Waals surface area (Å²) in [7, 11) is 0. The molecule has 0 radical (unpaired) electrons. The predicted molar refractivity (Wildman–Crippen MR) is 87.6 cm³/mol. The van der Waals surface area contributed by atoms with E-state index in [4.69, 9.17) is 9.47 Å². The van der Waals surface area contributed by atoms with Crippen molar-refractivity contribution in [2.75, 3.05) is 13.2 Å². The molecule has 4 atom stereocenters. The zero-order valence-corrected chi connectivity index (χ0v) is 14.5. The molecular formula is C18H35NO2. The predicted octanol–water partition coefficient (Wildman–Crippen LogP) is 3.91. The number of ether oxygens (including phenoxy) is 2. The molecule has 2 fully saturated rings. The molecule has 2 aliphatic rings. The Bertz CT molecular complexity index is 300. The number of hydrogen-bond acceptors (Lipinski definition) is 3. The summed E-state index contributed by atoms with van der Waals surface area (Å²) in [5.41, 5.74) is 0.175. The fourth-order valence-corrected chi connectivity index (χ4v) is 3.56. The van der Waals surface area contributed by atoms with Crippen molar-refractivity contribution in [1.82, 2.24) is 5.32 Å². The average Bonchev–Trinajstić information content (AvgIpc) is 2.90. The number of hydrogen-bond donors (Lipinski definition) is 1. The van der Waals surface area contributed by atoms with Crippen LogP contribution in [0.25, 0.3) is 0 Å². The first kappa shape index (κ1) is 17.2. The van der Waals surface area contributed by atoms with Crippen molar-refractivity contribution in [3.05, 3.63) is 0 Å². The van der Waals surface area contributed by atoms with Crippen LogP contribution in [0.1, 0.15) is 72.6 Å². The first-order valence-electron chi connectivity index (χ1n) is 9.00. The molecule has 3 nitrogen and oxygen atoms in total. The van der Waals surface area contributed by atoms with Gasteiger partial charge >= 0.3 is 0 Å². The van der Waals surface area contributed by atoms with E-state index < -0.39 is 0 Å². The van der Waals surface area contributed by atoms with Gasteiger partial charge in [0, 0.05) is 12.1 Å². The quantitative estimate of drug-likeness (QED) is 0.806. The van der Waals surface area contributed by atoms with Gasteiger partial charge in [0.15, 0.2) is 0 Å². The molecule has 0 amide bonds. The summed E-state index contributed by atoms with van der Waals surface area (Å²) >= 11 is 0. The van der Waals surface area contributed by atoms with E-state index in [1.165, 1.54) is 38.5 Å². The van der Waals surface area contributed by atoms with Crippen LogP contribution >= 0.6 is 0 Å². The summed E-state index contributed by atoms with van der Waals surface area (Å²) in [4.78, 5) is 0. The number of nitrogens with one attached hydrogen (secondary N) is 1. The van der Waals surface area contributed by atoms with Gasteiger partial charge in [-0.2, -0.15) is 0 Å². The molecule has 0 spiro atoms. The van der Waals surface area contributed by atoms with Crippen LogP contribution in [0.3, 0.4) is 0 Å². The van der Waals surface area contributed by atoms with Crippen LogP contribution in [0.2, 0.25) is 0 Å². The highest BCUT2D eigenvalue weighted by molar-refractivity contribution is 4.80. The van der Waals surface area contributed by atoms with E-state index in [9.17, 15) is 0 Å². The van der Waals surface area contributed by atoms with E-state index in [1.807, 2.05) is 0 Å². The van der Waals surface area contributed by atoms with E-state index in [1.54, 1.807) is 0 Å². The SMILES string of the molecule is CCC1CCCCC1OCC1CCC(CNC(C)(C)C)O1. The third kappa shape index (κ3) is 5.88. The molecular weight excluding hydrogens is 262 g/mol. The fraction of sp³-hybridized carbons (Fsp3) is 1.00. The minimum atomic E-state index is 0.175. The molecule has 0 aromatic heterocycles. The monoisotopic (exact) mass is 297 g/mol. The Morgan fingerprint density at radius 2 is 1.76 bits per heavy atom. The Kier molecular flexibility index (Phi) is 6.51. The summed E-state index contributed by atoms with van der Waals surface area (Å²) in [6, 6.07) is 0. The lowest BCUT2D eigenvalue weighted by atomic mass is 9.85. The Morgan fingerprint density at radius 1 is 1.05 bits per heavy atom. The third-order valence-corrected chi connectivity index (χ3v) is 4.92. The van der Waals surface area contributed by atoms with Gasteiger partial charge in [-0.15, -0.1) is 0 Å². The van der Waals surface area contributed by atoms with Gasteiger partial charge in [-0.05, 0) is 52.4 Å². The van der Waals surface area contributed by atoms with Crippen molar-refractivity contribution < 1.29 is 9.47 Å². The van der Waals surface area contributed by atoms with Crippen LogP contribution in [0.5, 0.6) is 0 Å². The Hall–Kier alpha value is -0.120. The van der Waals surface area contributed by atoms with Crippen LogP contribution in [0.4, 0.5) is 0 Å². The Morgan fingerprint density at radius 3 is 2.48 bits per heavy atom. The van der Waals surface area contributed by atoms with Crippen molar-refractivity contribution in [2.24, 2.45) is 5.92 Å². The van der Waals surface area contributed by atoms with E-state index in [2.05, 4.69) is 33.0 Å². The molecule has 1 saturated heterocycles. The van der Waals surface area contributed by atoms with Crippen molar-refractivity contribution in [3.63, 3.8) is 0 Å². The summed E-state index contributed by atoms with van der Waals surface area (Å²) in [6.45, 7) is 10.7. The first-order valence-corrected chi connectivity index (χ1v) is 9.00. The van der Waals surface area contributed by atoms with Crippen molar-refractivity contribution in [3.8, 4) is 0 Å². The van der Waals surface area contributed by atoms with Crippen molar-refractivity contribution in [1.29, 1.82) is 0 Å².